The zero-order chi connectivity index (χ0) is 50.8. The molecule has 368 valence electrons. The van der Waals surface area contributed by atoms with Gasteiger partial charge in [-0.05, 0) is 54.7 Å². The number of thiol groups is 1. The van der Waals surface area contributed by atoms with E-state index in [1.54, 1.807) is 119 Å². The summed E-state index contributed by atoms with van der Waals surface area (Å²) in [5.74, 6) is -6.48. The smallest absolute Gasteiger partial charge is 0.338 e. The molecule has 2 unspecified atom stereocenters. The van der Waals surface area contributed by atoms with E-state index in [9.17, 15) is 34.2 Å². The van der Waals surface area contributed by atoms with E-state index in [-0.39, 0.29) is 41.1 Å². The Labute approximate surface area is 404 Å². The van der Waals surface area contributed by atoms with Gasteiger partial charge in [0.05, 0.1) is 35.1 Å². The number of aliphatic hydroxyl groups is 2. The number of hydrogen-bond donors (Lipinski definition) is 4. The molecule has 3 N–H and O–H groups in total. The van der Waals surface area contributed by atoms with Crippen LogP contribution in [0.1, 0.15) is 128 Å². The molecule has 7 rings (SSSR count). The highest BCUT2D eigenvalue weighted by molar-refractivity contribution is 7.84. The summed E-state index contributed by atoms with van der Waals surface area (Å²) in [5.41, 5.74) is -9.29. The molecule has 11 atom stereocenters. The van der Waals surface area contributed by atoms with E-state index in [0.29, 0.717) is 5.56 Å². The van der Waals surface area contributed by atoms with Gasteiger partial charge in [0.2, 0.25) is 0 Å². The van der Waals surface area contributed by atoms with Crippen molar-refractivity contribution in [3.63, 3.8) is 0 Å². The molecule has 3 aromatic carbocycles. The second-order valence-corrected chi connectivity index (χ2v) is 19.4. The van der Waals surface area contributed by atoms with Crippen molar-refractivity contribution in [3.05, 3.63) is 118 Å². The molecular weight excluding hydrogens is 891 g/mol. The Kier molecular flexibility index (Phi) is 16.0. The quantitative estimate of drug-likeness (QED) is 0.0876. The summed E-state index contributed by atoms with van der Waals surface area (Å²) in [4.78, 5) is 84.8. The van der Waals surface area contributed by atoms with E-state index in [1.165, 1.54) is 20.8 Å². The molecule has 0 spiro atoms. The van der Waals surface area contributed by atoms with E-state index >= 15 is 4.79 Å². The Morgan fingerprint density at radius 3 is 1.79 bits per heavy atom. The predicted octanol–water partition coefficient (Wildman–Crippen LogP) is 7.71. The van der Waals surface area contributed by atoms with Gasteiger partial charge in [-0.25, -0.2) is 9.59 Å². The average Bonchev–Trinajstić information content (AvgIpc) is 3.30. The van der Waals surface area contributed by atoms with Crippen LogP contribution in [0.15, 0.2) is 101 Å². The van der Waals surface area contributed by atoms with Gasteiger partial charge >= 0.3 is 23.9 Å². The molecule has 1 aliphatic heterocycles. The first kappa shape index (κ1) is 53.6. The van der Waals surface area contributed by atoms with Gasteiger partial charge in [-0.1, -0.05) is 122 Å². The van der Waals surface area contributed by atoms with Gasteiger partial charge in [-0.2, -0.15) is 0 Å². The maximum absolute atomic E-state index is 15.7. The number of fused-ring (bicyclic) bond motifs is 5. The molecule has 2 bridgehead atoms. The molecule has 1 saturated heterocycles. The number of benzene rings is 3. The summed E-state index contributed by atoms with van der Waals surface area (Å²) in [6, 6.07) is 23.5. The minimum atomic E-state index is -2.02. The van der Waals surface area contributed by atoms with Gasteiger partial charge < -0.3 is 39.2 Å². The second kappa shape index (κ2) is 20.3. The zero-order valence-electron chi connectivity index (χ0n) is 41.1. The highest BCUT2D eigenvalue weighted by Gasteiger charge is 2.81. The Morgan fingerprint density at radius 2 is 1.29 bits per heavy atom. The summed E-state index contributed by atoms with van der Waals surface area (Å²) >= 11 is 5.01. The standard InChI is InChI=1S/C49H55NO13S.2C2H6/c1-27(51)60-37-33-39(64)47(7,63-42(57)35(53)34(29-18-12-9-13-19-29)50-40(55)30-20-14-10-15-21-30)25-45(5,44(33,3)4)43(61-41(56)31-22-16-11-17-23-31)48(8)38(36(37)54)46(6,58)24-32-49(48,26-59-32)62-28(2)52;2*1-2/h9-23,32,34-35,37-38,43,53,58,64H,24-26H2,1-8H3,(H,50,55);2*1-2H3/t32-,34+,35-,37-,38-,43-,45?,46+,47+,48?,49+;;/m1../s1. The molecule has 4 aliphatic rings. The molecule has 3 fully saturated rings. The van der Waals surface area contributed by atoms with Gasteiger partial charge in [0.1, 0.15) is 17.8 Å². The van der Waals surface area contributed by atoms with E-state index in [2.05, 4.69) is 5.32 Å². The molecule has 0 radical (unpaired) electrons. The lowest BCUT2D eigenvalue weighted by molar-refractivity contribution is -0.370. The number of rotatable bonds is 10. The Bertz CT molecular complexity index is 2390. The van der Waals surface area contributed by atoms with Crippen molar-refractivity contribution in [2.24, 2.45) is 22.2 Å². The first-order chi connectivity index (χ1) is 31.9. The summed E-state index contributed by atoms with van der Waals surface area (Å²) in [6.07, 6.45) is -6.64. The van der Waals surface area contributed by atoms with Crippen molar-refractivity contribution < 1.29 is 62.7 Å². The molecule has 1 amide bonds. The number of aliphatic hydroxyl groups excluding tert-OH is 1. The molecule has 68 heavy (non-hydrogen) atoms. The van der Waals surface area contributed by atoms with E-state index in [4.69, 9.17) is 36.3 Å². The number of ether oxygens (including phenoxy) is 5. The van der Waals surface area contributed by atoms with Crippen LogP contribution in [0.25, 0.3) is 0 Å². The van der Waals surface area contributed by atoms with Crippen LogP contribution in [0.2, 0.25) is 0 Å². The van der Waals surface area contributed by atoms with Crippen LogP contribution in [0.5, 0.6) is 0 Å². The van der Waals surface area contributed by atoms with Crippen LogP contribution >= 0.6 is 12.6 Å². The largest absolute Gasteiger partial charge is 0.457 e. The number of nitrogens with one attached hydrogen (secondary N) is 1. The number of hydrogen-bond acceptors (Lipinski definition) is 14. The van der Waals surface area contributed by atoms with Gasteiger partial charge in [-0.15, -0.1) is 12.6 Å². The number of carbonyl (C=O) groups excluding carboxylic acids is 6. The molecule has 3 aromatic rings. The molecule has 14 nitrogen and oxygen atoms in total. The highest BCUT2D eigenvalue weighted by Crippen LogP contribution is 2.71. The minimum absolute atomic E-state index is 0.00597. The van der Waals surface area contributed by atoms with Gasteiger partial charge in [-0.3, -0.25) is 19.2 Å². The lowest BCUT2D eigenvalue weighted by Gasteiger charge is -2.71. The lowest BCUT2D eigenvalue weighted by Crippen LogP contribution is -2.84. The predicted molar refractivity (Wildman–Crippen MR) is 256 cm³/mol. The van der Waals surface area contributed by atoms with Crippen LogP contribution in [0.3, 0.4) is 0 Å². The van der Waals surface area contributed by atoms with E-state index in [0.717, 1.165) is 6.92 Å². The highest BCUT2D eigenvalue weighted by atomic mass is 32.1. The fourth-order valence-corrected chi connectivity index (χ4v) is 11.7. The van der Waals surface area contributed by atoms with Crippen molar-refractivity contribution >= 4 is 48.2 Å². The third kappa shape index (κ3) is 9.14. The Morgan fingerprint density at radius 1 is 0.765 bits per heavy atom. The zero-order valence-corrected chi connectivity index (χ0v) is 42.0. The topological polar surface area (TPSA) is 201 Å². The van der Waals surface area contributed by atoms with Crippen LogP contribution in [0.4, 0.5) is 0 Å². The molecule has 0 aromatic heterocycles. The SMILES string of the molecule is CC.CC.CC(=O)O[C@H]1C(=O)[C@H]2C(C)([C@H](OC(=O)c3ccccc3)C3(C)C[C@](C)(OC(=O)[C@H](O)[C@@H](NC(=O)c4ccccc4)c4ccccc4)C(S)=C1C3(C)C)[C@]1(OC(C)=O)CO[C@@H]1C[C@]2(C)O. The summed E-state index contributed by atoms with van der Waals surface area (Å²) in [7, 11) is 0. The summed E-state index contributed by atoms with van der Waals surface area (Å²) in [6.45, 7) is 20.0. The summed E-state index contributed by atoms with van der Waals surface area (Å²) in [5, 5.41) is 27.3. The number of ketones is 1. The molecule has 1 heterocycles. The van der Waals surface area contributed by atoms with E-state index < -0.39 is 105 Å². The third-order valence-corrected chi connectivity index (χ3v) is 15.2. The van der Waals surface area contributed by atoms with Crippen LogP contribution in [-0.2, 0) is 42.9 Å². The number of esters is 4. The fraction of sp³-hybridized carbons (Fsp3) is 0.509. The maximum Gasteiger partial charge on any atom is 0.338 e. The molecule has 3 aliphatic carbocycles. The minimum Gasteiger partial charge on any atom is -0.457 e. The summed E-state index contributed by atoms with van der Waals surface area (Å²) < 4.78 is 31.4. The monoisotopic (exact) mass is 957 g/mol. The first-order valence-electron chi connectivity index (χ1n) is 23.2. The van der Waals surface area contributed by atoms with Crippen LogP contribution in [-0.4, -0.2) is 93.6 Å². The normalized spacial score (nSPS) is 31.8. The fourth-order valence-electron chi connectivity index (χ4n) is 11.2. The number of Topliss-reactive ketones (excluding diaryl/α,β-unsaturated/α-hetero) is 1. The maximum atomic E-state index is 15.7. The first-order valence-corrected chi connectivity index (χ1v) is 23.7. The van der Waals surface area contributed by atoms with Crippen molar-refractivity contribution in [1.82, 2.24) is 5.32 Å². The van der Waals surface area contributed by atoms with Crippen molar-refractivity contribution in [3.8, 4) is 0 Å². The van der Waals surface area contributed by atoms with Crippen molar-refractivity contribution in [1.29, 1.82) is 0 Å². The van der Waals surface area contributed by atoms with Gasteiger partial charge in [0, 0.05) is 42.6 Å². The van der Waals surface area contributed by atoms with Crippen LogP contribution < -0.4 is 5.32 Å². The van der Waals surface area contributed by atoms with Crippen LogP contribution in [0, 0.1) is 22.2 Å². The van der Waals surface area contributed by atoms with Crippen molar-refractivity contribution in [2.45, 2.75) is 143 Å². The number of amides is 1. The van der Waals surface area contributed by atoms with Gasteiger partial charge in [0.15, 0.2) is 23.6 Å². The number of carbonyl (C=O) groups is 6. The van der Waals surface area contributed by atoms with Gasteiger partial charge in [0.25, 0.3) is 5.91 Å². The Hall–Kier alpha value is -5.35. The lowest BCUT2D eigenvalue weighted by atomic mass is 9.38. The molecule has 15 heteroatoms. The van der Waals surface area contributed by atoms with E-state index in [1.807, 2.05) is 27.7 Å². The Balaban J connectivity index is 0.00000210. The third-order valence-electron chi connectivity index (χ3n) is 14.4. The second-order valence-electron chi connectivity index (χ2n) is 18.9. The average molecular weight is 958 g/mol. The molecular formula is C53H67NO13S. The van der Waals surface area contributed by atoms with Crippen molar-refractivity contribution in [2.75, 3.05) is 6.61 Å². The molecule has 2 saturated carbocycles.